The number of hydrogen-bond acceptors (Lipinski definition) is 1. The van der Waals surface area contributed by atoms with Crippen molar-refractivity contribution in [3.8, 4) is 22.3 Å². The summed E-state index contributed by atoms with van der Waals surface area (Å²) in [6.45, 7) is 4.81. The van der Waals surface area contributed by atoms with E-state index in [1.807, 2.05) is 0 Å². The Labute approximate surface area is 287 Å². The Balaban J connectivity index is 1.13. The van der Waals surface area contributed by atoms with E-state index in [0.29, 0.717) is 5.41 Å². The lowest BCUT2D eigenvalue weighted by atomic mass is 9.48. The molecule has 1 nitrogen and oxygen atoms in total. The molecular weight excluding hydrogens is 579 g/mol. The first-order valence-electron chi connectivity index (χ1n) is 18.8. The van der Waals surface area contributed by atoms with Crippen LogP contribution < -0.4 is 4.90 Å². The Kier molecular flexibility index (Phi) is 6.44. The molecule has 6 aliphatic carbocycles. The number of hydrogen-bond donors (Lipinski definition) is 0. The van der Waals surface area contributed by atoms with Gasteiger partial charge in [-0.05, 0) is 168 Å². The minimum Gasteiger partial charge on any atom is -0.310 e. The van der Waals surface area contributed by atoms with E-state index in [0.717, 1.165) is 17.8 Å². The van der Waals surface area contributed by atoms with Gasteiger partial charge >= 0.3 is 0 Å². The van der Waals surface area contributed by atoms with Crippen molar-refractivity contribution in [2.45, 2.75) is 88.9 Å². The van der Waals surface area contributed by atoms with Gasteiger partial charge in [0.25, 0.3) is 0 Å². The molecule has 0 N–H and O–H groups in total. The van der Waals surface area contributed by atoms with E-state index in [1.54, 1.807) is 16.7 Å². The van der Waals surface area contributed by atoms with Crippen LogP contribution in [-0.2, 0) is 23.7 Å². The van der Waals surface area contributed by atoms with Crippen molar-refractivity contribution in [2.75, 3.05) is 4.90 Å². The van der Waals surface area contributed by atoms with Crippen molar-refractivity contribution in [2.24, 2.45) is 17.8 Å². The molecule has 0 atom stereocenters. The minimum atomic E-state index is -0.0384. The summed E-state index contributed by atoms with van der Waals surface area (Å²) in [6, 6.07) is 42.5. The summed E-state index contributed by atoms with van der Waals surface area (Å²) >= 11 is 0. The van der Waals surface area contributed by atoms with Gasteiger partial charge in [-0.2, -0.15) is 0 Å². The van der Waals surface area contributed by atoms with Crippen molar-refractivity contribution in [3.63, 3.8) is 0 Å². The molecule has 11 rings (SSSR count). The van der Waals surface area contributed by atoms with E-state index in [9.17, 15) is 0 Å². The largest absolute Gasteiger partial charge is 0.310 e. The second-order valence-corrected chi connectivity index (χ2v) is 16.6. The number of nitrogens with zero attached hydrogens (tertiary/aromatic N) is 1. The highest BCUT2D eigenvalue weighted by Crippen LogP contribution is 2.62. The maximum atomic E-state index is 2.62. The van der Waals surface area contributed by atoms with Crippen molar-refractivity contribution >= 4 is 17.1 Å². The number of benzene rings is 5. The maximum Gasteiger partial charge on any atom is 0.0499 e. The lowest BCUT2D eigenvalue weighted by Crippen LogP contribution is -2.48. The molecular formula is C47H47N. The first-order chi connectivity index (χ1) is 23.5. The molecule has 0 aliphatic heterocycles. The van der Waals surface area contributed by atoms with E-state index in [4.69, 9.17) is 0 Å². The summed E-state index contributed by atoms with van der Waals surface area (Å²) in [5.74, 6) is 2.73. The summed E-state index contributed by atoms with van der Waals surface area (Å²) < 4.78 is 0. The number of anilines is 3. The van der Waals surface area contributed by atoms with Gasteiger partial charge in [0.05, 0.1) is 0 Å². The van der Waals surface area contributed by atoms with Gasteiger partial charge in [0, 0.05) is 22.5 Å². The van der Waals surface area contributed by atoms with Crippen LogP contribution in [0.1, 0.15) is 93.0 Å². The summed E-state index contributed by atoms with van der Waals surface area (Å²) in [4.78, 5) is 2.62. The first kappa shape index (κ1) is 28.9. The first-order valence-corrected chi connectivity index (χ1v) is 18.8. The van der Waals surface area contributed by atoms with Gasteiger partial charge in [-0.25, -0.2) is 0 Å². The van der Waals surface area contributed by atoms with Gasteiger partial charge in [-0.15, -0.1) is 0 Å². The molecule has 0 spiro atoms. The lowest BCUT2D eigenvalue weighted by Gasteiger charge is -2.57. The maximum absolute atomic E-state index is 2.62. The van der Waals surface area contributed by atoms with Crippen LogP contribution >= 0.6 is 0 Å². The number of fused-ring (bicyclic) bond motifs is 4. The predicted molar refractivity (Wildman–Crippen MR) is 201 cm³/mol. The van der Waals surface area contributed by atoms with Crippen molar-refractivity contribution < 1.29 is 0 Å². The van der Waals surface area contributed by atoms with Gasteiger partial charge < -0.3 is 4.90 Å². The summed E-state index contributed by atoms with van der Waals surface area (Å²) in [7, 11) is 0. The molecule has 240 valence electrons. The van der Waals surface area contributed by atoms with Crippen molar-refractivity contribution in [3.05, 3.63) is 137 Å². The number of para-hydroxylation sites is 1. The average molecular weight is 626 g/mol. The molecule has 0 saturated heterocycles. The molecule has 0 unspecified atom stereocenters. The molecule has 4 saturated carbocycles. The fourth-order valence-corrected chi connectivity index (χ4v) is 11.7. The highest BCUT2D eigenvalue weighted by Gasteiger charge is 2.52. The monoisotopic (exact) mass is 625 g/mol. The molecule has 0 radical (unpaired) electrons. The molecule has 0 aromatic heterocycles. The van der Waals surface area contributed by atoms with E-state index in [-0.39, 0.29) is 5.41 Å². The van der Waals surface area contributed by atoms with Crippen LogP contribution in [0.2, 0.25) is 0 Å². The molecule has 5 aromatic carbocycles. The Bertz CT molecular complexity index is 2010. The normalized spacial score (nSPS) is 25.8. The van der Waals surface area contributed by atoms with Crippen LogP contribution in [0.15, 0.2) is 109 Å². The topological polar surface area (TPSA) is 3.24 Å². The predicted octanol–water partition coefficient (Wildman–Crippen LogP) is 12.5. The van der Waals surface area contributed by atoms with Gasteiger partial charge in [0.15, 0.2) is 0 Å². The van der Waals surface area contributed by atoms with Crippen LogP contribution in [0.3, 0.4) is 0 Å². The quantitative estimate of drug-likeness (QED) is 0.188. The highest BCUT2D eigenvalue weighted by atomic mass is 15.1. The van der Waals surface area contributed by atoms with Gasteiger partial charge in [0.1, 0.15) is 0 Å². The SMILES string of the molecule is CC1(C)c2ccccc2-c2ccc(N(c3ccc(-c4cccc5c4CCCC5)cc3)c3ccccc3C34CC5CC(CC(C5)C3)C4)cc21. The smallest absolute Gasteiger partial charge is 0.0499 e. The van der Waals surface area contributed by atoms with Crippen LogP contribution in [-0.4, -0.2) is 0 Å². The Hall–Kier alpha value is -4.10. The molecule has 48 heavy (non-hydrogen) atoms. The molecule has 4 fully saturated rings. The summed E-state index contributed by atoms with van der Waals surface area (Å²) in [6.07, 6.45) is 13.5. The minimum absolute atomic E-state index is 0.0384. The molecule has 4 bridgehead atoms. The second-order valence-electron chi connectivity index (χ2n) is 16.6. The van der Waals surface area contributed by atoms with Crippen LogP contribution in [0.25, 0.3) is 22.3 Å². The zero-order valence-corrected chi connectivity index (χ0v) is 28.6. The number of aryl methyl sites for hydroxylation is 1. The molecule has 6 aliphatic rings. The van der Waals surface area contributed by atoms with Gasteiger partial charge in [-0.1, -0.05) is 92.7 Å². The third kappa shape index (κ3) is 4.35. The molecule has 1 heteroatoms. The lowest BCUT2D eigenvalue weighted by molar-refractivity contribution is -0.00491. The van der Waals surface area contributed by atoms with Crippen LogP contribution in [0.4, 0.5) is 17.1 Å². The van der Waals surface area contributed by atoms with E-state index in [2.05, 4.69) is 128 Å². The summed E-state index contributed by atoms with van der Waals surface area (Å²) in [5.41, 5.74) is 17.3. The zero-order valence-electron chi connectivity index (χ0n) is 28.6. The number of rotatable bonds is 5. The molecule has 0 heterocycles. The second kappa shape index (κ2) is 10.7. The third-order valence-corrected chi connectivity index (χ3v) is 13.4. The standard InChI is InChI=1S/C47H47N/c1-46(2)42-15-6-5-13-40(42)41-23-22-37(27-44(41)46)48(36-20-18-35(19-21-36)39-14-9-11-34-10-3-4-12-38(34)39)45-17-8-7-16-43(45)47-28-31-24-32(29-47)26-33(25-31)30-47/h5-9,11,13-23,27,31-33H,3-4,10,12,24-26,28-30H2,1-2H3. The zero-order chi connectivity index (χ0) is 32.0. The van der Waals surface area contributed by atoms with Crippen molar-refractivity contribution in [1.82, 2.24) is 0 Å². The van der Waals surface area contributed by atoms with Crippen LogP contribution in [0.5, 0.6) is 0 Å². The summed E-state index contributed by atoms with van der Waals surface area (Å²) in [5, 5.41) is 0. The van der Waals surface area contributed by atoms with E-state index in [1.165, 1.54) is 115 Å². The van der Waals surface area contributed by atoms with Crippen molar-refractivity contribution in [1.29, 1.82) is 0 Å². The van der Waals surface area contributed by atoms with E-state index >= 15 is 0 Å². The van der Waals surface area contributed by atoms with Gasteiger partial charge in [-0.3, -0.25) is 0 Å². The Morgan fingerprint density at radius 1 is 0.542 bits per heavy atom. The fraction of sp³-hybridized carbons (Fsp3) is 0.362. The fourth-order valence-electron chi connectivity index (χ4n) is 11.7. The Morgan fingerprint density at radius 3 is 1.94 bits per heavy atom. The van der Waals surface area contributed by atoms with Crippen LogP contribution in [0, 0.1) is 17.8 Å². The highest BCUT2D eigenvalue weighted by molar-refractivity contribution is 5.87. The molecule has 0 amide bonds. The van der Waals surface area contributed by atoms with Gasteiger partial charge in [0.2, 0.25) is 0 Å². The average Bonchev–Trinajstić information content (AvgIpc) is 3.34. The molecule has 5 aromatic rings. The van der Waals surface area contributed by atoms with E-state index < -0.39 is 0 Å². The Morgan fingerprint density at radius 2 is 1.17 bits per heavy atom. The third-order valence-electron chi connectivity index (χ3n) is 13.4.